The summed E-state index contributed by atoms with van der Waals surface area (Å²) in [6.45, 7) is 8.38. The van der Waals surface area contributed by atoms with Crippen LogP contribution < -0.4 is 15.5 Å². The molecule has 0 saturated carbocycles. The summed E-state index contributed by atoms with van der Waals surface area (Å²) < 4.78 is 29.6. The van der Waals surface area contributed by atoms with Gasteiger partial charge in [0.15, 0.2) is 0 Å². The van der Waals surface area contributed by atoms with Gasteiger partial charge in [-0.05, 0) is 65.9 Å². The summed E-state index contributed by atoms with van der Waals surface area (Å²) in [7, 11) is 2.05. The highest BCUT2D eigenvalue weighted by Crippen LogP contribution is 2.38. The van der Waals surface area contributed by atoms with Gasteiger partial charge >= 0.3 is 12.1 Å². The number of ether oxygens (including phenoxy) is 1. The van der Waals surface area contributed by atoms with Gasteiger partial charge in [0.1, 0.15) is 9.84 Å². The van der Waals surface area contributed by atoms with Crippen molar-refractivity contribution in [3.05, 3.63) is 23.3 Å². The molecule has 0 aromatic heterocycles. The molecule has 1 aromatic rings. The van der Waals surface area contributed by atoms with Gasteiger partial charge in [0.05, 0.1) is 23.0 Å². The highest BCUT2D eigenvalue weighted by atomic mass is 32.2. The zero-order valence-corrected chi connectivity index (χ0v) is 23.6. The summed E-state index contributed by atoms with van der Waals surface area (Å²) in [5.74, 6) is -1.23. The van der Waals surface area contributed by atoms with Crippen LogP contribution in [0.25, 0.3) is 0 Å². The summed E-state index contributed by atoms with van der Waals surface area (Å²) in [5.41, 5.74) is 0.770. The number of rotatable bonds is 10. The number of esters is 1. The number of carbonyl (C=O) groups is 3. The largest absolute Gasteiger partial charge is 0.465 e. The molecule has 1 aliphatic rings. The van der Waals surface area contributed by atoms with Gasteiger partial charge in [-0.15, -0.1) is 0 Å². The number of fused-ring (bicyclic) bond motifs is 1. The van der Waals surface area contributed by atoms with Gasteiger partial charge in [-0.3, -0.25) is 15.4 Å². The molecule has 0 aliphatic carbocycles. The molecule has 208 valence electrons. The Hall–Kier alpha value is -2.90. The first-order chi connectivity index (χ1) is 16.9. The number of anilines is 2. The molecule has 1 unspecified atom stereocenters. The molecule has 0 fully saturated rings. The SMILES string of the molecule is Cc1c(NC(=O)O)ccc2c1C(=O)OC(N[C@@H](CCS(C)(=O)=O)C(=O)N(C)CCN(C)C)N2C(C)(C)C. The Balaban J connectivity index is 2.48. The number of cyclic esters (lactones) is 1. The number of hydrogen-bond acceptors (Lipinski definition) is 9. The number of carboxylic acid groups (broad SMARTS) is 1. The zero-order valence-electron chi connectivity index (χ0n) is 22.8. The first kappa shape index (κ1) is 30.3. The maximum absolute atomic E-state index is 13.4. The summed E-state index contributed by atoms with van der Waals surface area (Å²) >= 11 is 0. The highest BCUT2D eigenvalue weighted by molar-refractivity contribution is 7.90. The van der Waals surface area contributed by atoms with Gasteiger partial charge in [0.2, 0.25) is 12.3 Å². The van der Waals surface area contributed by atoms with E-state index in [4.69, 9.17) is 9.84 Å². The van der Waals surface area contributed by atoms with Crippen LogP contribution in [0.4, 0.5) is 16.2 Å². The van der Waals surface area contributed by atoms with Crippen LogP contribution >= 0.6 is 0 Å². The van der Waals surface area contributed by atoms with Gasteiger partial charge in [-0.2, -0.15) is 0 Å². The Kier molecular flexibility index (Phi) is 9.55. The third-order valence-electron chi connectivity index (χ3n) is 6.00. The van der Waals surface area contributed by atoms with Gasteiger partial charge in [-0.1, -0.05) is 0 Å². The summed E-state index contributed by atoms with van der Waals surface area (Å²) in [4.78, 5) is 42.9. The second kappa shape index (κ2) is 11.7. The van der Waals surface area contributed by atoms with Crippen molar-refractivity contribution >= 4 is 39.2 Å². The van der Waals surface area contributed by atoms with E-state index in [1.54, 1.807) is 31.0 Å². The van der Waals surface area contributed by atoms with Crippen molar-refractivity contribution in [2.24, 2.45) is 0 Å². The minimum Gasteiger partial charge on any atom is -0.465 e. The molecule has 12 nitrogen and oxygen atoms in total. The third-order valence-corrected chi connectivity index (χ3v) is 6.98. The second-order valence-corrected chi connectivity index (χ2v) is 12.8. The van der Waals surface area contributed by atoms with Crippen molar-refractivity contribution in [3.8, 4) is 0 Å². The first-order valence-corrected chi connectivity index (χ1v) is 14.0. The van der Waals surface area contributed by atoms with Crippen LogP contribution in [0.2, 0.25) is 0 Å². The van der Waals surface area contributed by atoms with Crippen LogP contribution in [0.5, 0.6) is 0 Å². The summed E-state index contributed by atoms with van der Waals surface area (Å²) in [6, 6.07) is 2.25. The normalized spacial score (nSPS) is 16.7. The molecular weight excluding hydrogens is 502 g/mol. The fourth-order valence-corrected chi connectivity index (χ4v) is 4.74. The lowest BCUT2D eigenvalue weighted by atomic mass is 9.97. The monoisotopic (exact) mass is 541 g/mol. The lowest BCUT2D eigenvalue weighted by Crippen LogP contribution is -2.63. The predicted octanol–water partition coefficient (Wildman–Crippen LogP) is 1.56. The lowest BCUT2D eigenvalue weighted by Gasteiger charge is -2.47. The van der Waals surface area contributed by atoms with E-state index in [1.807, 2.05) is 39.8 Å². The Morgan fingerprint density at radius 2 is 1.81 bits per heavy atom. The lowest BCUT2D eigenvalue weighted by molar-refractivity contribution is -0.133. The van der Waals surface area contributed by atoms with Crippen molar-refractivity contribution < 1.29 is 32.6 Å². The molecule has 1 heterocycles. The van der Waals surface area contributed by atoms with E-state index in [2.05, 4.69) is 10.6 Å². The summed E-state index contributed by atoms with van der Waals surface area (Å²) in [6.07, 6.45) is -1.24. The van der Waals surface area contributed by atoms with E-state index in [0.717, 1.165) is 6.26 Å². The van der Waals surface area contributed by atoms with Gasteiger partial charge < -0.3 is 24.5 Å². The number of hydrogen-bond donors (Lipinski definition) is 3. The summed E-state index contributed by atoms with van der Waals surface area (Å²) in [5, 5.41) is 14.5. The Morgan fingerprint density at radius 1 is 1.19 bits per heavy atom. The maximum atomic E-state index is 13.4. The maximum Gasteiger partial charge on any atom is 0.409 e. The van der Waals surface area contributed by atoms with E-state index < -0.39 is 39.8 Å². The minimum absolute atomic E-state index is 0.0106. The van der Waals surface area contributed by atoms with Gasteiger partial charge in [0.25, 0.3) is 0 Å². The molecule has 0 spiro atoms. The van der Waals surface area contributed by atoms with Gasteiger partial charge in [0, 0.05) is 37.6 Å². The fourth-order valence-electron chi connectivity index (χ4n) is 4.08. The number of amides is 2. The number of carbonyl (C=O) groups excluding carboxylic acids is 2. The fraction of sp³-hybridized carbons (Fsp3) is 0.625. The molecule has 3 N–H and O–H groups in total. The molecule has 2 amide bonds. The average molecular weight is 542 g/mol. The molecule has 2 atom stereocenters. The van der Waals surface area contributed by atoms with E-state index >= 15 is 0 Å². The number of nitrogens with one attached hydrogen (secondary N) is 2. The minimum atomic E-state index is -3.36. The van der Waals surface area contributed by atoms with Crippen LogP contribution in [0.15, 0.2) is 12.1 Å². The van der Waals surface area contributed by atoms with Crippen molar-refractivity contribution in [1.82, 2.24) is 15.1 Å². The number of benzene rings is 1. The van der Waals surface area contributed by atoms with E-state index in [0.29, 0.717) is 24.3 Å². The highest BCUT2D eigenvalue weighted by Gasteiger charge is 2.42. The molecule has 1 aliphatic heterocycles. The number of sulfone groups is 1. The van der Waals surface area contributed by atoms with Crippen molar-refractivity contribution in [2.45, 2.75) is 52.0 Å². The molecule has 0 radical (unpaired) electrons. The number of nitrogens with zero attached hydrogens (tertiary/aromatic N) is 3. The quantitative estimate of drug-likeness (QED) is 0.373. The Morgan fingerprint density at radius 3 is 2.32 bits per heavy atom. The molecular formula is C24H39N5O7S. The van der Waals surface area contributed by atoms with Crippen LogP contribution in [0.3, 0.4) is 0 Å². The van der Waals surface area contributed by atoms with Crippen LogP contribution in [0, 0.1) is 6.92 Å². The smallest absolute Gasteiger partial charge is 0.409 e. The topological polar surface area (TPSA) is 149 Å². The van der Waals surface area contributed by atoms with E-state index in [1.165, 1.54) is 4.90 Å². The first-order valence-electron chi connectivity index (χ1n) is 11.9. The molecule has 13 heteroatoms. The molecule has 2 rings (SSSR count). The van der Waals surface area contributed by atoms with Gasteiger partial charge in [-0.25, -0.2) is 18.0 Å². The molecule has 1 aromatic carbocycles. The van der Waals surface area contributed by atoms with E-state index in [-0.39, 0.29) is 29.3 Å². The van der Waals surface area contributed by atoms with Crippen molar-refractivity contribution in [1.29, 1.82) is 0 Å². The Bertz CT molecular complexity index is 1130. The molecule has 0 saturated heterocycles. The second-order valence-electron chi connectivity index (χ2n) is 10.6. The zero-order chi connectivity index (χ0) is 28.3. The van der Waals surface area contributed by atoms with Crippen molar-refractivity contribution in [3.63, 3.8) is 0 Å². The van der Waals surface area contributed by atoms with Crippen LogP contribution in [-0.2, 0) is 19.4 Å². The predicted molar refractivity (Wildman–Crippen MR) is 142 cm³/mol. The standard InChI is InChI=1S/C24H39N5O7S/c1-15-16(26-23(32)33)9-10-18-19(15)21(31)36-22(29(18)24(2,3)4)25-17(11-14-37(8,34)35)20(30)28(7)13-12-27(5)6/h9-10,17,22,25-26H,11-14H2,1-8H3,(H,32,33)/t17-,22?/m0/s1. The number of likely N-dealkylation sites (N-methyl/N-ethyl adjacent to an activating group) is 2. The van der Waals surface area contributed by atoms with E-state index in [9.17, 15) is 22.8 Å². The van der Waals surface area contributed by atoms with Crippen LogP contribution in [-0.4, -0.2) is 105 Å². The molecule has 0 bridgehead atoms. The Labute approximate surface area is 218 Å². The third kappa shape index (κ3) is 8.04. The molecule has 37 heavy (non-hydrogen) atoms. The van der Waals surface area contributed by atoms with Crippen LogP contribution in [0.1, 0.15) is 43.1 Å². The van der Waals surface area contributed by atoms with Crippen molar-refractivity contribution in [2.75, 3.05) is 56.5 Å². The average Bonchev–Trinajstić information content (AvgIpc) is 2.74.